The van der Waals surface area contributed by atoms with E-state index in [4.69, 9.17) is 4.52 Å². The number of nitrogens with zero attached hydrogens (tertiary/aromatic N) is 5. The molecular formula is C21H27N5O4. The van der Waals surface area contributed by atoms with Crippen LogP contribution in [0.1, 0.15) is 57.4 Å². The van der Waals surface area contributed by atoms with Crippen molar-refractivity contribution in [2.75, 3.05) is 13.1 Å². The standard InChI is InChI=1S/C21H27N5O4/c1-2-3-5-16(12-25(29)14-27)20(28)26-13-21(7-8-21)10-17(26)19-23-18(24-30-19)15-6-4-9-22-11-15/h4,6,9,11,14,16-17,29H,2-3,5,7-8,10,12-13H2,1H3/t16-,17+/m1/s1. The summed E-state index contributed by atoms with van der Waals surface area (Å²) < 4.78 is 5.57. The highest BCUT2D eigenvalue weighted by atomic mass is 16.5. The van der Waals surface area contributed by atoms with E-state index < -0.39 is 5.92 Å². The number of amides is 2. The summed E-state index contributed by atoms with van der Waals surface area (Å²) in [5.74, 6) is 0.347. The van der Waals surface area contributed by atoms with E-state index in [9.17, 15) is 14.8 Å². The summed E-state index contributed by atoms with van der Waals surface area (Å²) in [5.41, 5.74) is 0.884. The molecule has 2 fully saturated rings. The van der Waals surface area contributed by atoms with Gasteiger partial charge in [-0.05, 0) is 43.2 Å². The third-order valence-corrected chi connectivity index (χ3v) is 6.18. The molecule has 1 aliphatic heterocycles. The summed E-state index contributed by atoms with van der Waals surface area (Å²) in [6.07, 6.45) is 9.04. The van der Waals surface area contributed by atoms with E-state index in [1.165, 1.54) is 0 Å². The van der Waals surface area contributed by atoms with E-state index in [-0.39, 0.29) is 23.9 Å². The van der Waals surface area contributed by atoms with Crippen molar-refractivity contribution in [1.82, 2.24) is 25.1 Å². The molecule has 2 atom stereocenters. The largest absolute Gasteiger partial charge is 0.337 e. The molecule has 0 aromatic carbocycles. The van der Waals surface area contributed by atoms with Gasteiger partial charge in [0.2, 0.25) is 24.0 Å². The van der Waals surface area contributed by atoms with Gasteiger partial charge in [-0.15, -0.1) is 0 Å². The number of likely N-dealkylation sites (tertiary alicyclic amines) is 1. The van der Waals surface area contributed by atoms with Gasteiger partial charge in [-0.1, -0.05) is 24.9 Å². The normalized spacial score (nSPS) is 20.3. The van der Waals surface area contributed by atoms with Crippen molar-refractivity contribution in [3.8, 4) is 11.4 Å². The van der Waals surface area contributed by atoms with Crippen molar-refractivity contribution < 1.29 is 19.3 Å². The van der Waals surface area contributed by atoms with Gasteiger partial charge in [-0.3, -0.25) is 19.8 Å². The van der Waals surface area contributed by atoms with Crippen LogP contribution in [0.25, 0.3) is 11.4 Å². The molecule has 0 bridgehead atoms. The number of carbonyl (C=O) groups excluding carboxylic acids is 2. The lowest BCUT2D eigenvalue weighted by atomic mass is 9.99. The third kappa shape index (κ3) is 4.21. The van der Waals surface area contributed by atoms with Crippen molar-refractivity contribution in [3.05, 3.63) is 30.4 Å². The van der Waals surface area contributed by atoms with Gasteiger partial charge in [0.15, 0.2) is 0 Å². The van der Waals surface area contributed by atoms with E-state index in [2.05, 4.69) is 15.1 Å². The molecule has 0 radical (unpaired) electrons. The zero-order valence-electron chi connectivity index (χ0n) is 17.1. The second-order valence-electron chi connectivity index (χ2n) is 8.45. The van der Waals surface area contributed by atoms with Gasteiger partial charge in [-0.2, -0.15) is 4.98 Å². The molecule has 1 N–H and O–H groups in total. The van der Waals surface area contributed by atoms with Crippen LogP contribution in [0.15, 0.2) is 29.0 Å². The van der Waals surface area contributed by atoms with E-state index in [0.29, 0.717) is 36.2 Å². The minimum Gasteiger partial charge on any atom is -0.337 e. The molecule has 9 nitrogen and oxygen atoms in total. The number of unbranched alkanes of at least 4 members (excludes halogenated alkanes) is 1. The lowest BCUT2D eigenvalue weighted by Crippen LogP contribution is -2.41. The summed E-state index contributed by atoms with van der Waals surface area (Å²) in [5, 5.41) is 14.3. The van der Waals surface area contributed by atoms with Crippen molar-refractivity contribution in [1.29, 1.82) is 0 Å². The Bertz CT molecular complexity index is 883. The highest BCUT2D eigenvalue weighted by Gasteiger charge is 2.55. The highest BCUT2D eigenvalue weighted by molar-refractivity contribution is 5.80. The first-order valence-electron chi connectivity index (χ1n) is 10.5. The van der Waals surface area contributed by atoms with Gasteiger partial charge < -0.3 is 9.42 Å². The maximum absolute atomic E-state index is 13.5. The van der Waals surface area contributed by atoms with Gasteiger partial charge in [0.25, 0.3) is 0 Å². The van der Waals surface area contributed by atoms with Crippen LogP contribution in [0, 0.1) is 11.3 Å². The maximum atomic E-state index is 13.5. The minimum absolute atomic E-state index is 0.0106. The number of hydroxylamine groups is 2. The molecule has 3 heterocycles. The molecule has 2 aromatic heterocycles. The fraction of sp³-hybridized carbons (Fsp3) is 0.571. The molecule has 30 heavy (non-hydrogen) atoms. The van der Waals surface area contributed by atoms with Crippen LogP contribution < -0.4 is 0 Å². The molecule has 2 aromatic rings. The van der Waals surface area contributed by atoms with Crippen molar-refractivity contribution in [2.45, 2.75) is 51.5 Å². The van der Waals surface area contributed by atoms with Crippen LogP contribution in [0.3, 0.4) is 0 Å². The number of rotatable bonds is 9. The average molecular weight is 413 g/mol. The zero-order chi connectivity index (χ0) is 21.1. The first-order chi connectivity index (χ1) is 14.5. The zero-order valence-corrected chi connectivity index (χ0v) is 17.1. The van der Waals surface area contributed by atoms with Crippen LogP contribution in [0.4, 0.5) is 0 Å². The molecule has 1 saturated heterocycles. The molecule has 160 valence electrons. The monoisotopic (exact) mass is 413 g/mol. The summed E-state index contributed by atoms with van der Waals surface area (Å²) >= 11 is 0. The fourth-order valence-electron chi connectivity index (χ4n) is 4.28. The summed E-state index contributed by atoms with van der Waals surface area (Å²) in [6.45, 7) is 2.69. The molecule has 2 amide bonds. The van der Waals surface area contributed by atoms with Crippen molar-refractivity contribution in [3.63, 3.8) is 0 Å². The predicted octanol–water partition coefficient (Wildman–Crippen LogP) is 2.84. The third-order valence-electron chi connectivity index (χ3n) is 6.18. The number of hydrogen-bond donors (Lipinski definition) is 1. The molecule has 1 aliphatic carbocycles. The average Bonchev–Trinajstić information content (AvgIpc) is 3.18. The van der Waals surface area contributed by atoms with Crippen LogP contribution >= 0.6 is 0 Å². The second-order valence-corrected chi connectivity index (χ2v) is 8.45. The Morgan fingerprint density at radius 3 is 3.00 bits per heavy atom. The molecule has 0 unspecified atom stereocenters. The lowest BCUT2D eigenvalue weighted by Gasteiger charge is -2.28. The van der Waals surface area contributed by atoms with Crippen molar-refractivity contribution >= 4 is 12.3 Å². The first kappa shape index (κ1) is 20.5. The Labute approximate surface area is 175 Å². The van der Waals surface area contributed by atoms with Crippen LogP contribution in [0.5, 0.6) is 0 Å². The van der Waals surface area contributed by atoms with E-state index in [1.54, 1.807) is 12.4 Å². The van der Waals surface area contributed by atoms with Crippen LogP contribution in [0.2, 0.25) is 0 Å². The molecule has 9 heteroatoms. The van der Waals surface area contributed by atoms with Crippen LogP contribution in [-0.2, 0) is 9.59 Å². The topological polar surface area (TPSA) is 113 Å². The lowest BCUT2D eigenvalue weighted by molar-refractivity contribution is -0.157. The summed E-state index contributed by atoms with van der Waals surface area (Å²) in [6, 6.07) is 3.38. The quantitative estimate of drug-likeness (QED) is 0.382. The van der Waals surface area contributed by atoms with Gasteiger partial charge in [-0.25, -0.2) is 5.06 Å². The number of carbonyl (C=O) groups is 2. The molecular weight excluding hydrogens is 386 g/mol. The van der Waals surface area contributed by atoms with Gasteiger partial charge in [0.1, 0.15) is 6.04 Å². The fourth-order valence-corrected chi connectivity index (χ4v) is 4.28. The maximum Gasteiger partial charge on any atom is 0.249 e. The van der Waals surface area contributed by atoms with E-state index >= 15 is 0 Å². The smallest absolute Gasteiger partial charge is 0.249 e. The Kier molecular flexibility index (Phi) is 5.80. The highest BCUT2D eigenvalue weighted by Crippen LogP contribution is 2.58. The summed E-state index contributed by atoms with van der Waals surface area (Å²) in [7, 11) is 0. The first-order valence-corrected chi connectivity index (χ1v) is 10.5. The SMILES string of the molecule is CCCC[C@H](CN(O)C=O)C(=O)N1CC2(CC2)C[C@H]1c1nc(-c2cccnc2)no1. The Balaban J connectivity index is 1.57. The van der Waals surface area contributed by atoms with Gasteiger partial charge in [0, 0.05) is 24.5 Å². The Hall–Kier alpha value is -2.81. The predicted molar refractivity (Wildman–Crippen MR) is 106 cm³/mol. The van der Waals surface area contributed by atoms with E-state index in [0.717, 1.165) is 37.7 Å². The Morgan fingerprint density at radius 2 is 2.33 bits per heavy atom. The number of pyridine rings is 1. The molecule has 1 saturated carbocycles. The van der Waals surface area contributed by atoms with Crippen LogP contribution in [-0.4, -0.2) is 55.7 Å². The number of aromatic nitrogens is 3. The van der Waals surface area contributed by atoms with Crippen molar-refractivity contribution in [2.24, 2.45) is 11.3 Å². The molecule has 2 aliphatic rings. The minimum atomic E-state index is -0.461. The molecule has 4 rings (SSSR count). The number of hydrogen-bond acceptors (Lipinski definition) is 7. The Morgan fingerprint density at radius 1 is 1.50 bits per heavy atom. The summed E-state index contributed by atoms with van der Waals surface area (Å²) in [4.78, 5) is 34.8. The van der Waals surface area contributed by atoms with Gasteiger partial charge >= 0.3 is 0 Å². The van der Waals surface area contributed by atoms with E-state index in [1.807, 2.05) is 24.0 Å². The second kappa shape index (κ2) is 8.51. The van der Waals surface area contributed by atoms with Gasteiger partial charge in [0.05, 0.1) is 12.5 Å². The molecule has 1 spiro atoms.